The van der Waals surface area contributed by atoms with Gasteiger partial charge < -0.3 is 5.32 Å². The van der Waals surface area contributed by atoms with Crippen LogP contribution in [0.1, 0.15) is 6.42 Å². The second kappa shape index (κ2) is 9.37. The highest BCUT2D eigenvalue weighted by atomic mass is 35.5. The van der Waals surface area contributed by atoms with Crippen LogP contribution in [0.25, 0.3) is 10.8 Å². The Morgan fingerprint density at radius 1 is 1.13 bits per heavy atom. The first-order chi connectivity index (χ1) is 15.0. The molecule has 0 aromatic heterocycles. The summed E-state index contributed by atoms with van der Waals surface area (Å²) >= 11 is 7.19. The fourth-order valence-electron chi connectivity index (χ4n) is 3.34. The summed E-state index contributed by atoms with van der Waals surface area (Å²) in [5.41, 5.74) is 1.42. The zero-order chi connectivity index (χ0) is 21.8. The van der Waals surface area contributed by atoms with Crippen molar-refractivity contribution in [2.45, 2.75) is 11.7 Å². The summed E-state index contributed by atoms with van der Waals surface area (Å²) in [5.74, 6) is -0.381. The molecule has 0 spiro atoms. The van der Waals surface area contributed by atoms with E-state index in [0.29, 0.717) is 22.4 Å². The van der Waals surface area contributed by atoms with Crippen LogP contribution in [-0.2, 0) is 9.59 Å². The highest BCUT2D eigenvalue weighted by Crippen LogP contribution is 2.34. The Balaban J connectivity index is 1.55. The van der Waals surface area contributed by atoms with E-state index in [0.717, 1.165) is 16.5 Å². The first-order valence-corrected chi connectivity index (χ1v) is 11.0. The number of hydrogen-bond acceptors (Lipinski definition) is 4. The predicted octanol–water partition coefficient (Wildman–Crippen LogP) is 5.64. The van der Waals surface area contributed by atoms with E-state index in [-0.39, 0.29) is 18.2 Å². The monoisotopic (exact) mass is 449 g/mol. The van der Waals surface area contributed by atoms with Crippen LogP contribution in [0.5, 0.6) is 0 Å². The van der Waals surface area contributed by atoms with E-state index in [1.807, 2.05) is 42.5 Å². The normalized spacial score (nSPS) is 17.3. The lowest BCUT2D eigenvalue weighted by Crippen LogP contribution is -2.33. The van der Waals surface area contributed by atoms with E-state index < -0.39 is 5.25 Å². The fourth-order valence-corrected chi connectivity index (χ4v) is 4.63. The molecule has 3 aromatic carbocycles. The molecule has 5 nitrogen and oxygen atoms in total. The SMILES string of the molecule is C=CCN1C(=O)[C@H](CC(=O)Nc2ccc(Cl)cc2)SC1=Nc1cccc2ccccc12. The van der Waals surface area contributed by atoms with E-state index >= 15 is 0 Å². The predicted molar refractivity (Wildman–Crippen MR) is 129 cm³/mol. The molecule has 0 radical (unpaired) electrons. The molecule has 1 saturated heterocycles. The second-order valence-corrected chi connectivity index (χ2v) is 8.60. The molecule has 1 heterocycles. The van der Waals surface area contributed by atoms with Gasteiger partial charge in [0.2, 0.25) is 11.8 Å². The van der Waals surface area contributed by atoms with Crippen molar-refractivity contribution in [2.75, 3.05) is 11.9 Å². The Morgan fingerprint density at radius 3 is 2.65 bits per heavy atom. The molecule has 1 fully saturated rings. The molecule has 1 N–H and O–H groups in total. The zero-order valence-corrected chi connectivity index (χ0v) is 18.2. The number of thioether (sulfide) groups is 1. The van der Waals surface area contributed by atoms with Gasteiger partial charge in [-0.05, 0) is 35.7 Å². The minimum absolute atomic E-state index is 0.0499. The third-order valence-corrected chi connectivity index (χ3v) is 6.24. The zero-order valence-electron chi connectivity index (χ0n) is 16.6. The van der Waals surface area contributed by atoms with Gasteiger partial charge in [-0.15, -0.1) is 6.58 Å². The second-order valence-electron chi connectivity index (χ2n) is 7.00. The number of carbonyl (C=O) groups excluding carboxylic acids is 2. The van der Waals surface area contributed by atoms with Gasteiger partial charge in [0.25, 0.3) is 0 Å². The van der Waals surface area contributed by atoms with Gasteiger partial charge in [0, 0.05) is 29.1 Å². The molecule has 0 bridgehead atoms. The molecule has 7 heteroatoms. The van der Waals surface area contributed by atoms with Gasteiger partial charge in [0.1, 0.15) is 5.25 Å². The molecule has 0 aliphatic carbocycles. The number of nitrogens with one attached hydrogen (secondary N) is 1. The topological polar surface area (TPSA) is 61.8 Å². The van der Waals surface area contributed by atoms with Crippen LogP contribution < -0.4 is 5.32 Å². The molecule has 4 rings (SSSR count). The van der Waals surface area contributed by atoms with Crippen molar-refractivity contribution in [2.24, 2.45) is 4.99 Å². The molecule has 0 saturated carbocycles. The standard InChI is InChI=1S/C24H20ClN3O2S/c1-2-14-28-23(30)21(15-22(29)26-18-12-10-17(25)11-13-18)31-24(28)27-20-9-5-7-16-6-3-4-8-19(16)20/h2-13,21H,1,14-15H2,(H,26,29)/t21-/m0/s1. The third kappa shape index (κ3) is 4.81. The number of aliphatic imine (C=N–C) groups is 1. The van der Waals surface area contributed by atoms with Gasteiger partial charge in [-0.1, -0.05) is 65.8 Å². The molecule has 2 amide bonds. The van der Waals surface area contributed by atoms with Crippen LogP contribution in [0.15, 0.2) is 84.4 Å². The maximum absolute atomic E-state index is 13.0. The average molecular weight is 450 g/mol. The van der Waals surface area contributed by atoms with Crippen LogP contribution in [0, 0.1) is 0 Å². The number of rotatable bonds is 6. The summed E-state index contributed by atoms with van der Waals surface area (Å²) < 4.78 is 0. The molecule has 156 valence electrons. The van der Waals surface area contributed by atoms with Crippen LogP contribution in [0.4, 0.5) is 11.4 Å². The van der Waals surface area contributed by atoms with Crippen molar-refractivity contribution in [1.82, 2.24) is 4.90 Å². The lowest BCUT2D eigenvalue weighted by Gasteiger charge is -2.14. The number of hydrogen-bond donors (Lipinski definition) is 1. The van der Waals surface area contributed by atoms with E-state index in [1.165, 1.54) is 11.8 Å². The average Bonchev–Trinajstić information content (AvgIpc) is 3.05. The van der Waals surface area contributed by atoms with Gasteiger partial charge in [-0.2, -0.15) is 0 Å². The summed E-state index contributed by atoms with van der Waals surface area (Å²) in [6.07, 6.45) is 1.71. The van der Waals surface area contributed by atoms with Crippen molar-refractivity contribution in [3.05, 3.63) is 84.4 Å². The summed E-state index contributed by atoms with van der Waals surface area (Å²) in [6.45, 7) is 4.09. The van der Waals surface area contributed by atoms with Gasteiger partial charge in [-0.25, -0.2) is 4.99 Å². The van der Waals surface area contributed by atoms with Crippen molar-refractivity contribution in [3.63, 3.8) is 0 Å². The number of nitrogens with zero attached hydrogens (tertiary/aromatic N) is 2. The van der Waals surface area contributed by atoms with E-state index in [9.17, 15) is 9.59 Å². The van der Waals surface area contributed by atoms with E-state index in [4.69, 9.17) is 16.6 Å². The number of amides is 2. The Hall–Kier alpha value is -3.09. The number of amidine groups is 1. The lowest BCUT2D eigenvalue weighted by molar-refractivity contribution is -0.127. The number of anilines is 1. The van der Waals surface area contributed by atoms with Crippen molar-refractivity contribution in [1.29, 1.82) is 0 Å². The number of fused-ring (bicyclic) bond motifs is 1. The number of benzene rings is 3. The smallest absolute Gasteiger partial charge is 0.242 e. The summed E-state index contributed by atoms with van der Waals surface area (Å²) in [6, 6.07) is 20.7. The van der Waals surface area contributed by atoms with Crippen LogP contribution in [0.2, 0.25) is 5.02 Å². The molecule has 1 atom stereocenters. The lowest BCUT2D eigenvalue weighted by atomic mass is 10.1. The fraction of sp³-hybridized carbons (Fsp3) is 0.125. The van der Waals surface area contributed by atoms with Crippen molar-refractivity contribution < 1.29 is 9.59 Å². The molecule has 3 aromatic rings. The number of carbonyl (C=O) groups is 2. The third-order valence-electron chi connectivity index (χ3n) is 4.81. The Kier molecular flexibility index (Phi) is 6.39. The van der Waals surface area contributed by atoms with Crippen LogP contribution in [0.3, 0.4) is 0 Å². The summed E-state index contributed by atoms with van der Waals surface area (Å²) in [7, 11) is 0. The quantitative estimate of drug-likeness (QED) is 0.495. The largest absolute Gasteiger partial charge is 0.326 e. The Morgan fingerprint density at radius 2 is 1.87 bits per heavy atom. The maximum Gasteiger partial charge on any atom is 0.242 e. The highest BCUT2D eigenvalue weighted by Gasteiger charge is 2.38. The molecular weight excluding hydrogens is 430 g/mol. The van der Waals surface area contributed by atoms with Gasteiger partial charge in [-0.3, -0.25) is 14.5 Å². The van der Waals surface area contributed by atoms with E-state index in [1.54, 1.807) is 35.2 Å². The van der Waals surface area contributed by atoms with Gasteiger partial charge in [0.05, 0.1) is 5.69 Å². The Labute approximate surface area is 189 Å². The molecule has 0 unspecified atom stereocenters. The first kappa shape index (κ1) is 21.2. The summed E-state index contributed by atoms with van der Waals surface area (Å²) in [5, 5.41) is 5.52. The number of halogens is 1. The minimum atomic E-state index is -0.541. The van der Waals surface area contributed by atoms with Gasteiger partial charge in [0.15, 0.2) is 5.17 Å². The minimum Gasteiger partial charge on any atom is -0.326 e. The Bertz CT molecular complexity index is 1170. The molecule has 31 heavy (non-hydrogen) atoms. The van der Waals surface area contributed by atoms with E-state index in [2.05, 4.69) is 11.9 Å². The first-order valence-electron chi connectivity index (χ1n) is 9.76. The highest BCUT2D eigenvalue weighted by molar-refractivity contribution is 8.15. The van der Waals surface area contributed by atoms with Crippen molar-refractivity contribution >= 4 is 62.5 Å². The summed E-state index contributed by atoms with van der Waals surface area (Å²) in [4.78, 5) is 31.8. The van der Waals surface area contributed by atoms with Crippen LogP contribution >= 0.6 is 23.4 Å². The molecule has 1 aliphatic heterocycles. The molecular formula is C24H20ClN3O2S. The maximum atomic E-state index is 13.0. The van der Waals surface area contributed by atoms with Crippen molar-refractivity contribution in [3.8, 4) is 0 Å². The van der Waals surface area contributed by atoms with Crippen LogP contribution in [-0.4, -0.2) is 33.7 Å². The van der Waals surface area contributed by atoms with Gasteiger partial charge >= 0.3 is 0 Å². The molecule has 1 aliphatic rings.